The second kappa shape index (κ2) is 6.15. The Morgan fingerprint density at radius 1 is 1.00 bits per heavy atom. The summed E-state index contributed by atoms with van der Waals surface area (Å²) in [4.78, 5) is 0. The normalized spacial score (nSPS) is 12.7. The Balaban J connectivity index is 2.04. The largest absolute Gasteiger partial charge is 0.461 e. The van der Waals surface area contributed by atoms with E-state index in [0.29, 0.717) is 0 Å². The van der Waals surface area contributed by atoms with Crippen molar-refractivity contribution in [3.05, 3.63) is 71.5 Å². The first-order valence-corrected chi connectivity index (χ1v) is 7.55. The number of aryl methyl sites for hydroxylation is 1. The van der Waals surface area contributed by atoms with Crippen LogP contribution in [0.3, 0.4) is 0 Å². The van der Waals surface area contributed by atoms with Gasteiger partial charge in [0.1, 0.15) is 11.3 Å². The van der Waals surface area contributed by atoms with Gasteiger partial charge in [0.2, 0.25) is 0 Å². The maximum Gasteiger partial charge on any atom is 0.134 e. The fraction of sp³-hybridized carbons (Fsp3) is 0.263. The number of fused-ring (bicyclic) bond motifs is 1. The van der Waals surface area contributed by atoms with Crippen LogP contribution in [0.5, 0.6) is 0 Å². The lowest BCUT2D eigenvalue weighted by Crippen LogP contribution is -2.19. The maximum atomic E-state index is 6.03. The zero-order valence-electron chi connectivity index (χ0n) is 12.6. The number of hydrogen-bond acceptors (Lipinski definition) is 2. The van der Waals surface area contributed by atoms with Crippen molar-refractivity contribution in [1.29, 1.82) is 0 Å². The Kier molecular flexibility index (Phi) is 4.07. The van der Waals surface area contributed by atoms with Crippen molar-refractivity contribution in [2.75, 3.05) is 7.05 Å². The molecule has 0 aliphatic heterocycles. The highest BCUT2D eigenvalue weighted by molar-refractivity contribution is 5.82. The Morgan fingerprint density at radius 2 is 1.71 bits per heavy atom. The maximum absolute atomic E-state index is 6.03. The monoisotopic (exact) mass is 279 g/mol. The molecule has 1 aromatic heterocycles. The minimum absolute atomic E-state index is 0.269. The van der Waals surface area contributed by atoms with E-state index in [9.17, 15) is 0 Å². The van der Waals surface area contributed by atoms with Crippen molar-refractivity contribution in [1.82, 2.24) is 5.32 Å². The molecular weight excluding hydrogens is 258 g/mol. The van der Waals surface area contributed by atoms with Gasteiger partial charge in [0, 0.05) is 23.4 Å². The highest BCUT2D eigenvalue weighted by Gasteiger charge is 2.20. The number of nitrogens with one attached hydrogen (secondary N) is 1. The quantitative estimate of drug-likeness (QED) is 0.744. The van der Waals surface area contributed by atoms with Gasteiger partial charge in [-0.15, -0.1) is 0 Å². The summed E-state index contributed by atoms with van der Waals surface area (Å²) < 4.78 is 6.03. The van der Waals surface area contributed by atoms with Crippen molar-refractivity contribution in [2.24, 2.45) is 0 Å². The lowest BCUT2D eigenvalue weighted by atomic mass is 9.95. The summed E-state index contributed by atoms with van der Waals surface area (Å²) in [7, 11) is 2.02. The lowest BCUT2D eigenvalue weighted by Gasteiger charge is -2.17. The first-order chi connectivity index (χ1) is 10.3. The molecule has 1 N–H and O–H groups in total. The number of hydrogen-bond donors (Lipinski definition) is 1. The standard InChI is InChI=1S/C19H21NO/c1-3-17-19(15-11-7-8-12-18(15)21-17)16(20-2)13-14-9-5-4-6-10-14/h4-12,16,20H,3,13H2,1-2H3. The van der Waals surface area contributed by atoms with E-state index in [0.717, 1.165) is 24.2 Å². The smallest absolute Gasteiger partial charge is 0.134 e. The van der Waals surface area contributed by atoms with Crippen LogP contribution in [0.15, 0.2) is 59.0 Å². The molecule has 108 valence electrons. The van der Waals surface area contributed by atoms with Crippen LogP contribution >= 0.6 is 0 Å². The van der Waals surface area contributed by atoms with Gasteiger partial charge in [-0.25, -0.2) is 0 Å². The third-order valence-electron chi connectivity index (χ3n) is 4.01. The molecule has 21 heavy (non-hydrogen) atoms. The van der Waals surface area contributed by atoms with Gasteiger partial charge in [0.05, 0.1) is 0 Å². The Bertz CT molecular complexity index is 715. The predicted octanol–water partition coefficient (Wildman–Crippen LogP) is 4.50. The molecule has 1 heterocycles. The van der Waals surface area contributed by atoms with Gasteiger partial charge in [-0.05, 0) is 25.1 Å². The third kappa shape index (κ3) is 2.72. The molecule has 1 atom stereocenters. The molecule has 0 radical (unpaired) electrons. The molecular formula is C19H21NO. The molecule has 2 nitrogen and oxygen atoms in total. The van der Waals surface area contributed by atoms with Crippen LogP contribution in [0, 0.1) is 0 Å². The SMILES string of the molecule is CCc1oc2ccccc2c1C(Cc1ccccc1)NC. The molecule has 0 spiro atoms. The average molecular weight is 279 g/mol. The van der Waals surface area contributed by atoms with Crippen LogP contribution in [0.4, 0.5) is 0 Å². The Labute approximate surface area is 125 Å². The highest BCUT2D eigenvalue weighted by atomic mass is 16.3. The summed E-state index contributed by atoms with van der Waals surface area (Å²) in [5.74, 6) is 1.09. The topological polar surface area (TPSA) is 25.2 Å². The lowest BCUT2D eigenvalue weighted by molar-refractivity contribution is 0.521. The molecule has 0 saturated heterocycles. The molecule has 2 aromatic carbocycles. The van der Waals surface area contributed by atoms with E-state index < -0.39 is 0 Å². The van der Waals surface area contributed by atoms with Crippen molar-refractivity contribution >= 4 is 11.0 Å². The summed E-state index contributed by atoms with van der Waals surface area (Å²) in [5.41, 5.74) is 3.63. The van der Waals surface area contributed by atoms with E-state index in [-0.39, 0.29) is 6.04 Å². The zero-order valence-corrected chi connectivity index (χ0v) is 12.6. The summed E-state index contributed by atoms with van der Waals surface area (Å²) in [5, 5.41) is 4.69. The molecule has 0 saturated carbocycles. The molecule has 2 heteroatoms. The third-order valence-corrected chi connectivity index (χ3v) is 4.01. The van der Waals surface area contributed by atoms with E-state index in [2.05, 4.69) is 54.7 Å². The van der Waals surface area contributed by atoms with Gasteiger partial charge in [0.25, 0.3) is 0 Å². The number of likely N-dealkylation sites (N-methyl/N-ethyl adjacent to an activating group) is 1. The van der Waals surface area contributed by atoms with Gasteiger partial charge in [-0.3, -0.25) is 0 Å². The van der Waals surface area contributed by atoms with Gasteiger partial charge in [0.15, 0.2) is 0 Å². The second-order valence-electron chi connectivity index (χ2n) is 5.32. The van der Waals surface area contributed by atoms with Gasteiger partial charge < -0.3 is 9.73 Å². The van der Waals surface area contributed by atoms with Gasteiger partial charge in [-0.2, -0.15) is 0 Å². The van der Waals surface area contributed by atoms with Crippen LogP contribution in [-0.2, 0) is 12.8 Å². The number of para-hydroxylation sites is 1. The summed E-state index contributed by atoms with van der Waals surface area (Å²) in [6.45, 7) is 2.15. The molecule has 3 rings (SSSR count). The van der Waals surface area contributed by atoms with E-state index >= 15 is 0 Å². The molecule has 0 bridgehead atoms. The first-order valence-electron chi connectivity index (χ1n) is 7.55. The summed E-state index contributed by atoms with van der Waals surface area (Å²) >= 11 is 0. The average Bonchev–Trinajstić information content (AvgIpc) is 2.92. The fourth-order valence-electron chi connectivity index (χ4n) is 2.96. The number of benzene rings is 2. The zero-order chi connectivity index (χ0) is 14.7. The first kappa shape index (κ1) is 13.9. The van der Waals surface area contributed by atoms with Crippen LogP contribution in [0.2, 0.25) is 0 Å². The summed E-state index contributed by atoms with van der Waals surface area (Å²) in [6, 6.07) is 19.2. The number of rotatable bonds is 5. The van der Waals surface area contributed by atoms with E-state index in [4.69, 9.17) is 4.42 Å². The van der Waals surface area contributed by atoms with Crippen LogP contribution in [-0.4, -0.2) is 7.05 Å². The van der Waals surface area contributed by atoms with Crippen molar-refractivity contribution in [2.45, 2.75) is 25.8 Å². The molecule has 0 fully saturated rings. The molecule has 0 aliphatic carbocycles. The fourth-order valence-corrected chi connectivity index (χ4v) is 2.96. The van der Waals surface area contributed by atoms with E-state index in [1.807, 2.05) is 19.2 Å². The minimum atomic E-state index is 0.269. The minimum Gasteiger partial charge on any atom is -0.461 e. The molecule has 3 aromatic rings. The second-order valence-corrected chi connectivity index (χ2v) is 5.32. The van der Waals surface area contributed by atoms with E-state index in [1.54, 1.807) is 0 Å². The Hall–Kier alpha value is -2.06. The molecule has 0 amide bonds. The van der Waals surface area contributed by atoms with Crippen molar-refractivity contribution in [3.63, 3.8) is 0 Å². The van der Waals surface area contributed by atoms with Crippen molar-refractivity contribution < 1.29 is 4.42 Å². The molecule has 0 aliphatic rings. The van der Waals surface area contributed by atoms with E-state index in [1.165, 1.54) is 16.5 Å². The molecule has 1 unspecified atom stereocenters. The van der Waals surface area contributed by atoms with Crippen LogP contribution in [0.1, 0.15) is 29.9 Å². The van der Waals surface area contributed by atoms with Crippen LogP contribution < -0.4 is 5.32 Å². The van der Waals surface area contributed by atoms with Crippen molar-refractivity contribution in [3.8, 4) is 0 Å². The van der Waals surface area contributed by atoms with Gasteiger partial charge in [-0.1, -0.05) is 55.5 Å². The van der Waals surface area contributed by atoms with Crippen LogP contribution in [0.25, 0.3) is 11.0 Å². The Morgan fingerprint density at radius 3 is 2.43 bits per heavy atom. The highest BCUT2D eigenvalue weighted by Crippen LogP contribution is 2.32. The summed E-state index contributed by atoms with van der Waals surface area (Å²) in [6.07, 6.45) is 1.88. The van der Waals surface area contributed by atoms with Gasteiger partial charge >= 0.3 is 0 Å². The predicted molar refractivity (Wildman–Crippen MR) is 87.5 cm³/mol. The number of furan rings is 1.